The van der Waals surface area contributed by atoms with E-state index in [2.05, 4.69) is 10.1 Å². The molecule has 1 aromatic carbocycles. The molecule has 9 heteroatoms. The van der Waals surface area contributed by atoms with Crippen LogP contribution < -0.4 is 0 Å². The van der Waals surface area contributed by atoms with Gasteiger partial charge >= 0.3 is 0 Å². The summed E-state index contributed by atoms with van der Waals surface area (Å²) in [4.78, 5) is 16.7. The predicted molar refractivity (Wildman–Crippen MR) is 122 cm³/mol. The van der Waals surface area contributed by atoms with Crippen LogP contribution in [0.15, 0.2) is 84.4 Å². The number of hydrazone groups is 1. The average molecular weight is 449 g/mol. The summed E-state index contributed by atoms with van der Waals surface area (Å²) in [5, 5.41) is 16.2. The van der Waals surface area contributed by atoms with E-state index >= 15 is 0 Å². The number of carbonyl (C=O) groups is 1. The normalized spacial score (nSPS) is 17.2. The van der Waals surface area contributed by atoms with Crippen molar-refractivity contribution < 1.29 is 13.6 Å². The van der Waals surface area contributed by atoms with Crippen molar-refractivity contribution in [2.24, 2.45) is 10.1 Å². The molecule has 4 heterocycles. The van der Waals surface area contributed by atoms with E-state index in [9.17, 15) is 4.79 Å². The van der Waals surface area contributed by atoms with E-state index in [0.717, 1.165) is 16.9 Å². The van der Waals surface area contributed by atoms with Crippen molar-refractivity contribution in [3.05, 3.63) is 83.0 Å². The average Bonchev–Trinajstić information content (AvgIpc) is 3.51. The number of hydrogen-bond donors (Lipinski definition) is 1. The number of benzene rings is 1. The highest BCUT2D eigenvalue weighted by Crippen LogP contribution is 2.32. The molecule has 0 atom stereocenters. The zero-order valence-corrected chi connectivity index (χ0v) is 18.0. The van der Waals surface area contributed by atoms with Gasteiger partial charge in [0, 0.05) is 5.56 Å². The smallest absolute Gasteiger partial charge is 0.283 e. The van der Waals surface area contributed by atoms with Crippen LogP contribution in [0.1, 0.15) is 22.6 Å². The van der Waals surface area contributed by atoms with E-state index in [1.54, 1.807) is 12.3 Å². The summed E-state index contributed by atoms with van der Waals surface area (Å²) in [5.74, 6) is 1.46. The zero-order chi connectivity index (χ0) is 21.4. The summed E-state index contributed by atoms with van der Waals surface area (Å²) >= 11 is 2.77. The van der Waals surface area contributed by atoms with Gasteiger partial charge in [-0.25, -0.2) is 0 Å². The Morgan fingerprint density at radius 3 is 2.87 bits per heavy atom. The molecule has 1 N–H and O–H groups in total. The van der Waals surface area contributed by atoms with Gasteiger partial charge in [-0.3, -0.25) is 10.2 Å². The number of hydrogen-bond acceptors (Lipinski definition) is 7. The first kappa shape index (κ1) is 19.7. The molecule has 0 fully saturated rings. The van der Waals surface area contributed by atoms with Crippen molar-refractivity contribution in [1.29, 1.82) is 5.41 Å². The van der Waals surface area contributed by atoms with Crippen LogP contribution in [0.2, 0.25) is 0 Å². The number of fused-ring (bicyclic) bond motifs is 1. The van der Waals surface area contributed by atoms with E-state index in [-0.39, 0.29) is 11.4 Å². The standard InChI is InChI=1S/C22H16N4O3S2/c1-13-5-2-3-7-16(13)21-25-26-19(23)17(20(27)24-22(26)31-21)11-14-8-9-18(29-14)30-12-15-6-4-10-28-15/h2-11,23H,12H2,1H3/b17-11-,23-19?. The van der Waals surface area contributed by atoms with Crippen LogP contribution in [0, 0.1) is 12.3 Å². The topological polar surface area (TPSA) is 95.2 Å². The fraction of sp³-hybridized carbons (Fsp3) is 0.0909. The summed E-state index contributed by atoms with van der Waals surface area (Å²) in [6, 6.07) is 15.2. The minimum atomic E-state index is -0.480. The molecule has 0 unspecified atom stereocenters. The maximum atomic E-state index is 12.6. The molecule has 0 radical (unpaired) electrons. The molecule has 0 spiro atoms. The SMILES string of the molecule is Cc1ccccc1C1=NN2C(=N)/C(=C/c3ccc(SCc4ccco4)o3)C(=O)N=C2S1. The van der Waals surface area contributed by atoms with Gasteiger partial charge in [-0.05, 0) is 54.6 Å². The van der Waals surface area contributed by atoms with Gasteiger partial charge in [0.1, 0.15) is 16.6 Å². The van der Waals surface area contributed by atoms with Crippen LogP contribution >= 0.6 is 23.5 Å². The lowest BCUT2D eigenvalue weighted by atomic mass is 10.1. The summed E-state index contributed by atoms with van der Waals surface area (Å²) in [6.07, 6.45) is 3.17. The highest BCUT2D eigenvalue weighted by molar-refractivity contribution is 8.27. The van der Waals surface area contributed by atoms with Gasteiger partial charge in [0.15, 0.2) is 10.9 Å². The third-order valence-corrected chi connectivity index (χ3v) is 6.53. The Bertz CT molecular complexity index is 1270. The van der Waals surface area contributed by atoms with Gasteiger partial charge in [-0.2, -0.15) is 15.1 Å². The van der Waals surface area contributed by atoms with Crippen molar-refractivity contribution >= 4 is 51.6 Å². The number of furan rings is 2. The molecule has 0 bridgehead atoms. The molecule has 0 aliphatic carbocycles. The molecule has 7 nitrogen and oxygen atoms in total. The highest BCUT2D eigenvalue weighted by atomic mass is 32.2. The summed E-state index contributed by atoms with van der Waals surface area (Å²) < 4.78 is 11.1. The van der Waals surface area contributed by atoms with Crippen molar-refractivity contribution in [1.82, 2.24) is 5.01 Å². The zero-order valence-electron chi connectivity index (χ0n) is 16.4. The van der Waals surface area contributed by atoms with Gasteiger partial charge < -0.3 is 8.83 Å². The molecule has 3 aromatic rings. The molecule has 0 saturated heterocycles. The number of carbonyl (C=O) groups excluding carboxylic acids is 1. The second-order valence-electron chi connectivity index (χ2n) is 6.76. The Kier molecular flexibility index (Phi) is 5.13. The number of nitrogens with one attached hydrogen (secondary N) is 1. The largest absolute Gasteiger partial charge is 0.468 e. The number of amides is 1. The van der Waals surface area contributed by atoms with Crippen molar-refractivity contribution in [3.63, 3.8) is 0 Å². The minimum absolute atomic E-state index is 0.0210. The van der Waals surface area contributed by atoms with Gasteiger partial charge in [-0.1, -0.05) is 36.0 Å². The first-order valence-corrected chi connectivity index (χ1v) is 11.2. The fourth-order valence-electron chi connectivity index (χ4n) is 3.08. The van der Waals surface area contributed by atoms with Crippen molar-refractivity contribution in [2.45, 2.75) is 17.8 Å². The molecule has 2 aromatic heterocycles. The number of aryl methyl sites for hydroxylation is 1. The molecule has 2 aliphatic rings. The van der Waals surface area contributed by atoms with Gasteiger partial charge in [-0.15, -0.1) is 0 Å². The van der Waals surface area contributed by atoms with Crippen LogP contribution in [0.25, 0.3) is 6.08 Å². The Balaban J connectivity index is 1.37. The first-order chi connectivity index (χ1) is 15.1. The highest BCUT2D eigenvalue weighted by Gasteiger charge is 2.36. The fourth-order valence-corrected chi connectivity index (χ4v) is 4.83. The van der Waals surface area contributed by atoms with Crippen LogP contribution in [-0.4, -0.2) is 27.0 Å². The maximum Gasteiger partial charge on any atom is 0.283 e. The molecule has 0 saturated carbocycles. The van der Waals surface area contributed by atoms with Crippen LogP contribution in [-0.2, 0) is 10.5 Å². The van der Waals surface area contributed by atoms with Crippen LogP contribution in [0.5, 0.6) is 0 Å². The summed E-state index contributed by atoms with van der Waals surface area (Å²) in [5.41, 5.74) is 2.16. The van der Waals surface area contributed by atoms with Gasteiger partial charge in [0.25, 0.3) is 5.91 Å². The van der Waals surface area contributed by atoms with E-state index in [4.69, 9.17) is 14.2 Å². The Morgan fingerprint density at radius 2 is 2.06 bits per heavy atom. The minimum Gasteiger partial charge on any atom is -0.468 e. The van der Waals surface area contributed by atoms with Crippen LogP contribution in [0.3, 0.4) is 0 Å². The molecular formula is C22H16N4O3S2. The number of thioether (sulfide) groups is 2. The number of amidine groups is 2. The quantitative estimate of drug-likeness (QED) is 0.429. The van der Waals surface area contributed by atoms with Crippen LogP contribution in [0.4, 0.5) is 0 Å². The molecule has 1 amide bonds. The molecular weight excluding hydrogens is 432 g/mol. The number of rotatable bonds is 5. The van der Waals surface area contributed by atoms with Gasteiger partial charge in [0.2, 0.25) is 5.17 Å². The first-order valence-electron chi connectivity index (χ1n) is 9.40. The van der Waals surface area contributed by atoms with E-state index in [0.29, 0.717) is 26.8 Å². The lowest BCUT2D eigenvalue weighted by Crippen LogP contribution is -2.35. The number of nitrogens with zero attached hydrogens (tertiary/aromatic N) is 3. The van der Waals surface area contributed by atoms with E-state index in [1.165, 1.54) is 34.6 Å². The number of aliphatic imine (C=N–C) groups is 1. The lowest BCUT2D eigenvalue weighted by Gasteiger charge is -2.19. The monoisotopic (exact) mass is 448 g/mol. The second kappa shape index (κ2) is 8.09. The lowest BCUT2D eigenvalue weighted by molar-refractivity contribution is -0.114. The van der Waals surface area contributed by atoms with Gasteiger partial charge in [0.05, 0.1) is 17.6 Å². The Hall–Kier alpha value is -3.30. The Morgan fingerprint density at radius 1 is 1.19 bits per heavy atom. The molecule has 154 valence electrons. The van der Waals surface area contributed by atoms with E-state index < -0.39 is 5.91 Å². The molecule has 5 rings (SSSR count). The molecule has 31 heavy (non-hydrogen) atoms. The van der Waals surface area contributed by atoms with E-state index in [1.807, 2.05) is 49.4 Å². The summed E-state index contributed by atoms with van der Waals surface area (Å²) in [6.45, 7) is 2.00. The maximum absolute atomic E-state index is 12.6. The van der Waals surface area contributed by atoms with Crippen molar-refractivity contribution in [3.8, 4) is 0 Å². The third-order valence-electron chi connectivity index (χ3n) is 4.66. The Labute approximate surface area is 186 Å². The second-order valence-corrected chi connectivity index (χ2v) is 8.70. The van der Waals surface area contributed by atoms with Crippen molar-refractivity contribution in [2.75, 3.05) is 0 Å². The third kappa shape index (κ3) is 3.89. The predicted octanol–water partition coefficient (Wildman–Crippen LogP) is 5.14. The molecule has 2 aliphatic heterocycles. The summed E-state index contributed by atoms with van der Waals surface area (Å²) in [7, 11) is 0.